The monoisotopic (exact) mass is 1100 g/mol. The maximum Gasteiger partial charge on any atom is 0.298 e. The van der Waals surface area contributed by atoms with Gasteiger partial charge in [0.1, 0.15) is 23.0 Å². The highest BCUT2D eigenvalue weighted by molar-refractivity contribution is 6.48. The van der Waals surface area contributed by atoms with Crippen molar-refractivity contribution in [3.05, 3.63) is 179 Å². The van der Waals surface area contributed by atoms with Crippen LogP contribution in [-0.4, -0.2) is 121 Å². The van der Waals surface area contributed by atoms with Crippen LogP contribution < -0.4 is 40.0 Å². The summed E-state index contributed by atoms with van der Waals surface area (Å²) in [5, 5.41) is 5.75. The van der Waals surface area contributed by atoms with Gasteiger partial charge in [0.05, 0.1) is 34.8 Å². The number of Topliss-reactive ketones (excluding diaryl/α,β-unsaturated/α-hetero) is 2. The second kappa shape index (κ2) is 22.4. The molecule has 0 spiro atoms. The summed E-state index contributed by atoms with van der Waals surface area (Å²) in [5.41, 5.74) is 16.1. The Morgan fingerprint density at radius 3 is 1.21 bits per heavy atom. The van der Waals surface area contributed by atoms with Crippen LogP contribution in [0.25, 0.3) is 22.3 Å². The molecule has 8 aromatic rings. The van der Waals surface area contributed by atoms with Gasteiger partial charge in [-0.05, 0) is 137 Å². The highest BCUT2D eigenvalue weighted by Gasteiger charge is 2.37. The molecule has 4 aromatic heterocycles. The molecule has 0 bridgehead atoms. The van der Waals surface area contributed by atoms with E-state index >= 15 is 0 Å². The SMILES string of the molecule is Cc1cc(C)nc(N2CCN3c4ccc(NC(=O)C(=O)c5c(-c6ccccc6)cc(C)n5C)cc4N(C)C[C@@H]3C2)c1.Cc1cc(C)nc(N2CCN3c4ccc(NC(=O)C(=O)c5c(-c6ccccc6)cc(C)n5C)cc4N(C)C[C@H]3C2)c1. The number of carbonyl (C=O) groups is 4. The van der Waals surface area contributed by atoms with Crippen molar-refractivity contribution in [3.8, 4) is 22.3 Å². The van der Waals surface area contributed by atoms with Crippen LogP contribution in [0.1, 0.15) is 54.9 Å². The largest absolute Gasteiger partial charge is 0.371 e. The number of aryl methyl sites for hydroxylation is 6. The lowest BCUT2D eigenvalue weighted by atomic mass is 10.0. The molecule has 2 saturated heterocycles. The van der Waals surface area contributed by atoms with Crippen molar-refractivity contribution in [1.29, 1.82) is 0 Å². The lowest BCUT2D eigenvalue weighted by Gasteiger charge is -2.49. The first-order valence-corrected chi connectivity index (χ1v) is 28.2. The van der Waals surface area contributed by atoms with Crippen LogP contribution in [0.2, 0.25) is 0 Å². The lowest BCUT2D eigenvalue weighted by molar-refractivity contribution is -0.113. The molecular weight excluding hydrogens is 1020 g/mol. The summed E-state index contributed by atoms with van der Waals surface area (Å²) in [6, 6.07) is 44.4. The van der Waals surface area contributed by atoms with Crippen LogP contribution in [0, 0.1) is 41.5 Å². The molecular formula is C66H72N12O4. The highest BCUT2D eigenvalue weighted by atomic mass is 16.2. The zero-order chi connectivity index (χ0) is 57.7. The Kier molecular flexibility index (Phi) is 15.0. The quantitative estimate of drug-likeness (QED) is 0.0993. The predicted octanol–water partition coefficient (Wildman–Crippen LogP) is 9.96. The van der Waals surface area contributed by atoms with E-state index < -0.39 is 23.4 Å². The number of likely N-dealkylation sites (N-methyl/N-ethyl adjacent to an activating group) is 2. The number of hydrogen-bond acceptors (Lipinski definition) is 12. The molecule has 0 radical (unpaired) electrons. The Bertz CT molecular complexity index is 3490. The van der Waals surface area contributed by atoms with Crippen molar-refractivity contribution in [2.24, 2.45) is 14.1 Å². The molecule has 420 valence electrons. The number of anilines is 8. The Morgan fingerprint density at radius 2 is 0.829 bits per heavy atom. The lowest BCUT2D eigenvalue weighted by Crippen LogP contribution is -2.59. The van der Waals surface area contributed by atoms with E-state index in [0.29, 0.717) is 34.8 Å². The van der Waals surface area contributed by atoms with Gasteiger partial charge >= 0.3 is 0 Å². The van der Waals surface area contributed by atoms with Gasteiger partial charge in [-0.25, -0.2) is 9.97 Å². The molecule has 2 atom stereocenters. The number of ketones is 2. The van der Waals surface area contributed by atoms with E-state index in [1.165, 1.54) is 11.1 Å². The first-order valence-electron chi connectivity index (χ1n) is 28.2. The maximum atomic E-state index is 13.4. The number of hydrogen-bond donors (Lipinski definition) is 2. The second-order valence-corrected chi connectivity index (χ2v) is 22.6. The number of nitrogens with zero attached hydrogens (tertiary/aromatic N) is 10. The fourth-order valence-corrected chi connectivity index (χ4v) is 12.4. The van der Waals surface area contributed by atoms with Gasteiger partial charge in [0.15, 0.2) is 0 Å². The molecule has 2 N–H and O–H groups in total. The van der Waals surface area contributed by atoms with Gasteiger partial charge < -0.3 is 49.2 Å². The second-order valence-electron chi connectivity index (χ2n) is 22.6. The van der Waals surface area contributed by atoms with Crippen molar-refractivity contribution in [3.63, 3.8) is 0 Å². The zero-order valence-corrected chi connectivity index (χ0v) is 48.6. The van der Waals surface area contributed by atoms with Crippen LogP contribution in [-0.2, 0) is 23.7 Å². The van der Waals surface area contributed by atoms with E-state index in [2.05, 4.69) is 104 Å². The first-order chi connectivity index (χ1) is 39.4. The molecule has 2 amide bonds. The molecule has 8 heterocycles. The van der Waals surface area contributed by atoms with Crippen LogP contribution in [0.4, 0.5) is 45.8 Å². The number of fused-ring (bicyclic) bond motifs is 6. The zero-order valence-electron chi connectivity index (χ0n) is 48.6. The Morgan fingerprint density at radius 1 is 0.439 bits per heavy atom. The Balaban J connectivity index is 0.000000172. The van der Waals surface area contributed by atoms with Gasteiger partial charge in [-0.3, -0.25) is 19.2 Å². The van der Waals surface area contributed by atoms with E-state index in [1.807, 2.05) is 139 Å². The molecule has 82 heavy (non-hydrogen) atoms. The van der Waals surface area contributed by atoms with Gasteiger partial charge in [-0.2, -0.15) is 0 Å². The van der Waals surface area contributed by atoms with E-state index in [-0.39, 0.29) is 0 Å². The van der Waals surface area contributed by atoms with E-state index in [1.54, 1.807) is 9.13 Å². The fourth-order valence-electron chi connectivity index (χ4n) is 12.4. The van der Waals surface area contributed by atoms with Gasteiger partial charge in [0.2, 0.25) is 0 Å². The van der Waals surface area contributed by atoms with Crippen molar-refractivity contribution >= 4 is 69.1 Å². The summed E-state index contributed by atoms with van der Waals surface area (Å²) < 4.78 is 3.58. The number of aromatic nitrogens is 4. The van der Waals surface area contributed by atoms with Crippen LogP contribution in [0.5, 0.6) is 0 Å². The van der Waals surface area contributed by atoms with Gasteiger partial charge in [0.25, 0.3) is 23.4 Å². The van der Waals surface area contributed by atoms with Gasteiger partial charge in [-0.15, -0.1) is 0 Å². The molecule has 4 aromatic carbocycles. The van der Waals surface area contributed by atoms with E-state index in [9.17, 15) is 19.2 Å². The minimum absolute atomic E-state index is 0.322. The van der Waals surface area contributed by atoms with Crippen molar-refractivity contribution < 1.29 is 19.2 Å². The van der Waals surface area contributed by atoms with Crippen LogP contribution in [0.3, 0.4) is 0 Å². The third-order valence-corrected chi connectivity index (χ3v) is 16.6. The Labute approximate surface area is 480 Å². The molecule has 16 heteroatoms. The summed E-state index contributed by atoms with van der Waals surface area (Å²) in [6.07, 6.45) is 0. The molecule has 2 fully saturated rings. The number of nitrogens with one attached hydrogen (secondary N) is 2. The van der Waals surface area contributed by atoms with Crippen LogP contribution in [0.15, 0.2) is 133 Å². The van der Waals surface area contributed by atoms with Gasteiger partial charge in [-0.1, -0.05) is 60.7 Å². The van der Waals surface area contributed by atoms with Crippen LogP contribution >= 0.6 is 0 Å². The third-order valence-electron chi connectivity index (χ3n) is 16.6. The third kappa shape index (κ3) is 10.8. The standard InChI is InChI=1S/2C33H36N6O2/c2*1-21-15-22(2)34-30(16-21)38-13-14-39-26(20-38)19-36(4)29-18-25(11-12-28(29)39)35-33(41)32(40)31-27(17-23(3)37(31)5)24-9-7-6-8-10-24/h2*6-12,15-18,26H,13-14,19-20H2,1-5H3,(H,35,41)/t2*26-/m10/s1. The molecule has 12 rings (SSSR count). The molecule has 0 saturated carbocycles. The molecule has 4 aliphatic heterocycles. The molecule has 0 unspecified atom stereocenters. The van der Waals surface area contributed by atoms with E-state index in [0.717, 1.165) is 132 Å². The molecule has 0 aliphatic carbocycles. The van der Waals surface area contributed by atoms with Gasteiger partial charge in [0, 0.05) is 126 Å². The topological polar surface area (TPSA) is 147 Å². The molecule has 4 aliphatic rings. The number of rotatable bonds is 10. The number of carbonyl (C=O) groups excluding carboxylic acids is 4. The average Bonchev–Trinajstić information content (AvgIpc) is 3.97. The smallest absolute Gasteiger partial charge is 0.298 e. The minimum atomic E-state index is -0.644. The van der Waals surface area contributed by atoms with E-state index in [4.69, 9.17) is 9.97 Å². The first kappa shape index (κ1) is 54.8. The Hall–Kier alpha value is -9.18. The average molecular weight is 1100 g/mol. The fraction of sp³-hybridized carbons (Fsp3) is 0.303. The summed E-state index contributed by atoms with van der Waals surface area (Å²) in [7, 11) is 7.81. The molecule has 16 nitrogen and oxygen atoms in total. The highest BCUT2D eigenvalue weighted by Crippen LogP contribution is 2.41. The normalized spacial score (nSPS) is 16.3. The summed E-state index contributed by atoms with van der Waals surface area (Å²) in [5.74, 6) is -0.309. The predicted molar refractivity (Wildman–Crippen MR) is 331 cm³/mol. The minimum Gasteiger partial charge on any atom is -0.371 e. The van der Waals surface area contributed by atoms with Crippen molar-refractivity contribution in [1.82, 2.24) is 19.1 Å². The summed E-state index contributed by atoms with van der Waals surface area (Å²) in [4.78, 5) is 77.1. The number of pyridine rings is 2. The van der Waals surface area contributed by atoms with Crippen molar-refractivity contribution in [2.45, 2.75) is 53.6 Å². The number of amides is 2. The summed E-state index contributed by atoms with van der Waals surface area (Å²) in [6.45, 7) is 19.3. The number of piperazine rings is 2. The van der Waals surface area contributed by atoms with Crippen molar-refractivity contribution in [2.75, 3.05) is 106 Å². The summed E-state index contributed by atoms with van der Waals surface area (Å²) >= 11 is 0. The number of benzene rings is 4. The maximum absolute atomic E-state index is 13.4.